The number of nitriles is 1. The quantitative estimate of drug-likeness (QED) is 0.729. The van der Waals surface area contributed by atoms with Crippen LogP contribution in [0.3, 0.4) is 0 Å². The van der Waals surface area contributed by atoms with Crippen molar-refractivity contribution < 1.29 is 13.5 Å². The fourth-order valence-electron chi connectivity index (χ4n) is 1.97. The third-order valence-corrected chi connectivity index (χ3v) is 5.01. The van der Waals surface area contributed by atoms with Crippen molar-refractivity contribution in [3.63, 3.8) is 0 Å². The maximum absolute atomic E-state index is 12.3. The van der Waals surface area contributed by atoms with Crippen LogP contribution < -0.4 is 5.32 Å². The Morgan fingerprint density at radius 1 is 1.53 bits per heavy atom. The molecule has 102 valence electrons. The normalized spacial score (nSPS) is 23.5. The van der Waals surface area contributed by atoms with E-state index < -0.39 is 22.2 Å². The van der Waals surface area contributed by atoms with Crippen molar-refractivity contribution >= 4 is 10.0 Å². The first-order valence-electron chi connectivity index (χ1n) is 5.70. The van der Waals surface area contributed by atoms with E-state index in [2.05, 4.69) is 10.3 Å². The molecule has 1 aliphatic heterocycles. The highest BCUT2D eigenvalue weighted by atomic mass is 32.2. The summed E-state index contributed by atoms with van der Waals surface area (Å²) in [7, 11) is -2.29. The zero-order valence-corrected chi connectivity index (χ0v) is 11.1. The lowest BCUT2D eigenvalue weighted by Gasteiger charge is -2.25. The Morgan fingerprint density at radius 2 is 2.26 bits per heavy atom. The van der Waals surface area contributed by atoms with Crippen molar-refractivity contribution in [3.8, 4) is 6.07 Å². The Kier molecular flexibility index (Phi) is 3.82. The number of sulfonamides is 1. The number of hydrogen-bond acceptors (Lipinski definition) is 6. The topological polar surface area (TPSA) is 106 Å². The van der Waals surface area contributed by atoms with E-state index >= 15 is 0 Å². The van der Waals surface area contributed by atoms with Crippen molar-refractivity contribution in [3.05, 3.63) is 24.0 Å². The van der Waals surface area contributed by atoms with E-state index in [1.54, 1.807) is 0 Å². The molecule has 7 nitrogen and oxygen atoms in total. The summed E-state index contributed by atoms with van der Waals surface area (Å²) in [5.74, 6) is 0. The Bertz CT molecular complexity index is 593. The van der Waals surface area contributed by atoms with Crippen LogP contribution in [-0.2, 0) is 10.0 Å². The first kappa shape index (κ1) is 13.9. The van der Waals surface area contributed by atoms with Crippen molar-refractivity contribution in [2.24, 2.45) is 0 Å². The fourth-order valence-corrected chi connectivity index (χ4v) is 3.30. The van der Waals surface area contributed by atoms with Gasteiger partial charge in [-0.1, -0.05) is 0 Å². The minimum atomic E-state index is -3.72. The zero-order valence-electron chi connectivity index (χ0n) is 10.3. The second-order valence-corrected chi connectivity index (χ2v) is 6.30. The molecule has 8 heteroatoms. The third kappa shape index (κ3) is 2.59. The van der Waals surface area contributed by atoms with Crippen LogP contribution in [0.5, 0.6) is 0 Å². The average Bonchev–Trinajstić information content (AvgIpc) is 2.84. The number of hydrogen-bond donors (Lipinski definition) is 2. The summed E-state index contributed by atoms with van der Waals surface area (Å²) in [4.78, 5) is 3.75. The Labute approximate surface area is 111 Å². The van der Waals surface area contributed by atoms with E-state index in [-0.39, 0.29) is 10.6 Å². The molecule has 2 atom stereocenters. The number of nitrogens with zero attached hydrogens (tertiary/aromatic N) is 3. The summed E-state index contributed by atoms with van der Waals surface area (Å²) in [6.45, 7) is 0.775. The Morgan fingerprint density at radius 3 is 2.74 bits per heavy atom. The zero-order chi connectivity index (χ0) is 14.0. The van der Waals surface area contributed by atoms with Crippen LogP contribution in [0.4, 0.5) is 0 Å². The van der Waals surface area contributed by atoms with Gasteiger partial charge in [-0.05, 0) is 12.1 Å². The number of aromatic nitrogens is 1. The van der Waals surface area contributed by atoms with E-state index in [1.807, 2.05) is 6.07 Å². The lowest BCUT2D eigenvalue weighted by atomic mass is 10.2. The summed E-state index contributed by atoms with van der Waals surface area (Å²) in [6.07, 6.45) is 0.421. The third-order valence-electron chi connectivity index (χ3n) is 3.15. The van der Waals surface area contributed by atoms with Gasteiger partial charge >= 0.3 is 0 Å². The summed E-state index contributed by atoms with van der Waals surface area (Å²) >= 11 is 0. The van der Waals surface area contributed by atoms with Gasteiger partial charge in [0.1, 0.15) is 16.7 Å². The van der Waals surface area contributed by atoms with Gasteiger partial charge in [-0.3, -0.25) is 0 Å². The molecule has 1 saturated heterocycles. The lowest BCUT2D eigenvalue weighted by molar-refractivity contribution is 0.136. The van der Waals surface area contributed by atoms with Gasteiger partial charge in [0, 0.05) is 26.3 Å². The van der Waals surface area contributed by atoms with Crippen LogP contribution >= 0.6 is 0 Å². The van der Waals surface area contributed by atoms with Gasteiger partial charge < -0.3 is 10.4 Å². The number of aliphatic hydroxyl groups excluding tert-OH is 1. The van der Waals surface area contributed by atoms with Crippen LogP contribution in [0.25, 0.3) is 0 Å². The summed E-state index contributed by atoms with van der Waals surface area (Å²) < 4.78 is 25.8. The highest BCUT2D eigenvalue weighted by molar-refractivity contribution is 7.89. The van der Waals surface area contributed by atoms with Crippen molar-refractivity contribution in [1.82, 2.24) is 14.6 Å². The number of nitrogens with one attached hydrogen (secondary N) is 1. The van der Waals surface area contributed by atoms with Gasteiger partial charge in [0.15, 0.2) is 0 Å². The fraction of sp³-hybridized carbons (Fsp3) is 0.455. The monoisotopic (exact) mass is 282 g/mol. The first-order chi connectivity index (χ1) is 8.96. The second-order valence-electron chi connectivity index (χ2n) is 4.31. The molecule has 0 amide bonds. The highest BCUT2D eigenvalue weighted by Crippen LogP contribution is 2.19. The SMILES string of the molecule is CN([C@H]1CNC[C@@H]1O)S(=O)(=O)c1ccc(C#N)nc1. The van der Waals surface area contributed by atoms with Crippen LogP contribution in [0.2, 0.25) is 0 Å². The van der Waals surface area contributed by atoms with Gasteiger partial charge in [-0.2, -0.15) is 9.57 Å². The Hall–Kier alpha value is -1.53. The molecule has 19 heavy (non-hydrogen) atoms. The minimum Gasteiger partial charge on any atom is -0.390 e. The molecule has 1 fully saturated rings. The lowest BCUT2D eigenvalue weighted by Crippen LogP contribution is -2.44. The second kappa shape index (κ2) is 5.22. The first-order valence-corrected chi connectivity index (χ1v) is 7.14. The Balaban J connectivity index is 2.28. The molecule has 2 heterocycles. The molecular formula is C11H14N4O3S. The molecule has 0 saturated carbocycles. The van der Waals surface area contributed by atoms with Gasteiger partial charge in [0.05, 0.1) is 12.1 Å². The van der Waals surface area contributed by atoms with E-state index in [0.29, 0.717) is 13.1 Å². The summed E-state index contributed by atoms with van der Waals surface area (Å²) in [5, 5.41) is 21.3. The molecule has 0 aliphatic carbocycles. The molecule has 1 aromatic heterocycles. The maximum Gasteiger partial charge on any atom is 0.244 e. The number of pyridine rings is 1. The van der Waals surface area contributed by atoms with Gasteiger partial charge in [0.25, 0.3) is 0 Å². The predicted octanol–water partition coefficient (Wildman–Crippen LogP) is -1.09. The van der Waals surface area contributed by atoms with Crippen LogP contribution in [-0.4, -0.2) is 55.1 Å². The molecule has 2 N–H and O–H groups in total. The smallest absolute Gasteiger partial charge is 0.244 e. The number of rotatable bonds is 3. The van der Waals surface area contributed by atoms with Crippen LogP contribution in [0, 0.1) is 11.3 Å². The summed E-state index contributed by atoms with van der Waals surface area (Å²) in [5.41, 5.74) is 0.157. The van der Waals surface area contributed by atoms with Gasteiger partial charge in [0.2, 0.25) is 10.0 Å². The van der Waals surface area contributed by atoms with Crippen molar-refractivity contribution in [2.75, 3.05) is 20.1 Å². The molecule has 2 rings (SSSR count). The highest BCUT2D eigenvalue weighted by Gasteiger charge is 2.35. The predicted molar refractivity (Wildman–Crippen MR) is 66.6 cm³/mol. The van der Waals surface area contributed by atoms with Crippen LogP contribution in [0.15, 0.2) is 23.2 Å². The van der Waals surface area contributed by atoms with E-state index in [1.165, 1.54) is 19.2 Å². The summed E-state index contributed by atoms with van der Waals surface area (Å²) in [6, 6.07) is 4.02. The maximum atomic E-state index is 12.3. The average molecular weight is 282 g/mol. The molecule has 1 aliphatic rings. The standard InChI is InChI=1S/C11H14N4O3S/c1-15(10-6-13-7-11(10)16)19(17,18)9-3-2-8(4-12)14-5-9/h2-3,5,10-11,13,16H,6-7H2,1H3/t10-,11-/m0/s1. The van der Waals surface area contributed by atoms with E-state index in [4.69, 9.17) is 5.26 Å². The number of β-amino-alcohol motifs (C(OH)–C–C–N with tert-alkyl or cyclic N) is 1. The van der Waals surface area contributed by atoms with Gasteiger partial charge in [-0.15, -0.1) is 0 Å². The molecule has 0 aromatic carbocycles. The molecule has 0 unspecified atom stereocenters. The number of aliphatic hydroxyl groups is 1. The largest absolute Gasteiger partial charge is 0.390 e. The molecule has 0 bridgehead atoms. The van der Waals surface area contributed by atoms with Gasteiger partial charge in [-0.25, -0.2) is 13.4 Å². The van der Waals surface area contributed by atoms with Crippen molar-refractivity contribution in [2.45, 2.75) is 17.0 Å². The van der Waals surface area contributed by atoms with Crippen LogP contribution in [0.1, 0.15) is 5.69 Å². The van der Waals surface area contributed by atoms with Crippen molar-refractivity contribution in [1.29, 1.82) is 5.26 Å². The molecule has 0 spiro atoms. The van der Waals surface area contributed by atoms with E-state index in [9.17, 15) is 13.5 Å². The van der Waals surface area contributed by atoms with E-state index in [0.717, 1.165) is 10.5 Å². The molecule has 0 radical (unpaired) electrons. The minimum absolute atomic E-state index is 0.00750. The molecular weight excluding hydrogens is 268 g/mol. The number of likely N-dealkylation sites (N-methyl/N-ethyl adjacent to an activating group) is 1. The molecule has 1 aromatic rings.